The summed E-state index contributed by atoms with van der Waals surface area (Å²) in [4.78, 5) is 30.7. The molecule has 0 radical (unpaired) electrons. The quantitative estimate of drug-likeness (QED) is 0.352. The molecule has 3 N–H and O–H groups in total. The summed E-state index contributed by atoms with van der Waals surface area (Å²) in [7, 11) is 0.181. The third-order valence-corrected chi connectivity index (χ3v) is 8.84. The Bertz CT molecular complexity index is 1570. The van der Waals surface area contributed by atoms with Gasteiger partial charge >= 0.3 is 0 Å². The third kappa shape index (κ3) is 6.53. The Labute approximate surface area is 241 Å². The van der Waals surface area contributed by atoms with E-state index >= 15 is 0 Å². The lowest BCUT2D eigenvalue weighted by molar-refractivity contribution is 0.0948. The molecule has 41 heavy (non-hydrogen) atoms. The van der Waals surface area contributed by atoms with Gasteiger partial charge in [0.05, 0.1) is 34.6 Å². The highest BCUT2D eigenvalue weighted by Crippen LogP contribution is 2.37. The fraction of sp³-hybridized carbons (Fsp3) is 0.333. The second kappa shape index (κ2) is 11.9. The zero-order valence-electron chi connectivity index (χ0n) is 23.6. The fourth-order valence-corrected chi connectivity index (χ4v) is 5.61. The monoisotopic (exact) mass is 576 g/mol. The van der Waals surface area contributed by atoms with Crippen LogP contribution in [0.1, 0.15) is 27.1 Å². The number of carbonyl (C=O) groups excluding carboxylic acids is 2. The first-order chi connectivity index (χ1) is 19.6. The lowest BCUT2D eigenvalue weighted by atomic mass is 10.0. The lowest BCUT2D eigenvalue weighted by Gasteiger charge is -2.32. The van der Waals surface area contributed by atoms with Gasteiger partial charge in [0.2, 0.25) is 10.0 Å². The summed E-state index contributed by atoms with van der Waals surface area (Å²) in [6.45, 7) is 5.78. The lowest BCUT2D eigenvalue weighted by Crippen LogP contribution is -2.45. The van der Waals surface area contributed by atoms with E-state index in [9.17, 15) is 18.0 Å². The van der Waals surface area contributed by atoms with Gasteiger partial charge in [-0.05, 0) is 62.0 Å². The number of hydrogen-bond acceptors (Lipinski definition) is 7. The molecule has 3 aromatic carbocycles. The second-order valence-electron chi connectivity index (χ2n) is 10.6. The molecule has 11 heteroatoms. The molecule has 0 unspecified atom stereocenters. The molecule has 1 fully saturated rings. The minimum atomic E-state index is -3.47. The summed E-state index contributed by atoms with van der Waals surface area (Å²) >= 11 is 0. The van der Waals surface area contributed by atoms with Crippen LogP contribution in [-0.4, -0.2) is 89.7 Å². The smallest absolute Gasteiger partial charge is 0.257 e. The maximum absolute atomic E-state index is 13.1. The molecule has 0 bridgehead atoms. The van der Waals surface area contributed by atoms with Crippen LogP contribution in [-0.2, 0) is 10.0 Å². The van der Waals surface area contributed by atoms with Gasteiger partial charge in [-0.25, -0.2) is 8.42 Å². The van der Waals surface area contributed by atoms with Gasteiger partial charge in [0.25, 0.3) is 11.8 Å². The predicted octanol–water partition coefficient (Wildman–Crippen LogP) is 3.43. The van der Waals surface area contributed by atoms with Crippen molar-refractivity contribution in [2.24, 2.45) is 0 Å². The number of fused-ring (bicyclic) bond motifs is 2. The van der Waals surface area contributed by atoms with Crippen LogP contribution in [0.5, 0.6) is 0 Å². The van der Waals surface area contributed by atoms with Crippen LogP contribution in [0.4, 0.5) is 22.7 Å². The average molecular weight is 577 g/mol. The van der Waals surface area contributed by atoms with E-state index in [4.69, 9.17) is 0 Å². The molecule has 5 rings (SSSR count). The molecule has 2 aliphatic heterocycles. The molecule has 0 aromatic heterocycles. The Morgan fingerprint density at radius 2 is 1.68 bits per heavy atom. The summed E-state index contributed by atoms with van der Waals surface area (Å²) in [6, 6.07) is 17.8. The van der Waals surface area contributed by atoms with E-state index in [-0.39, 0.29) is 11.8 Å². The second-order valence-corrected chi connectivity index (χ2v) is 12.6. The average Bonchev–Trinajstić information content (AvgIpc) is 3.09. The van der Waals surface area contributed by atoms with Gasteiger partial charge < -0.3 is 25.8 Å². The first kappa shape index (κ1) is 28.6. The van der Waals surface area contributed by atoms with Crippen LogP contribution in [0.15, 0.2) is 60.7 Å². The van der Waals surface area contributed by atoms with Gasteiger partial charge in [0.1, 0.15) is 0 Å². The van der Waals surface area contributed by atoms with Crippen molar-refractivity contribution in [3.8, 4) is 11.1 Å². The molecule has 0 saturated carbocycles. The number of sulfonamides is 1. The topological polar surface area (TPSA) is 114 Å². The Morgan fingerprint density at radius 3 is 2.44 bits per heavy atom. The molecule has 1 saturated heterocycles. The van der Waals surface area contributed by atoms with Crippen LogP contribution in [0, 0.1) is 0 Å². The summed E-state index contributed by atoms with van der Waals surface area (Å²) in [5, 5.41) is 9.23. The number of para-hydroxylation sites is 1. The van der Waals surface area contributed by atoms with E-state index in [2.05, 4.69) is 32.8 Å². The highest BCUT2D eigenvalue weighted by molar-refractivity contribution is 7.92. The van der Waals surface area contributed by atoms with Crippen molar-refractivity contribution in [3.05, 3.63) is 71.8 Å². The number of nitrogens with zero attached hydrogens (tertiary/aromatic N) is 3. The number of anilines is 4. The molecule has 0 atom stereocenters. The highest BCUT2D eigenvalue weighted by atomic mass is 32.2. The molecule has 2 aliphatic rings. The van der Waals surface area contributed by atoms with Gasteiger partial charge in [-0.15, -0.1) is 0 Å². The van der Waals surface area contributed by atoms with Crippen LogP contribution in [0.3, 0.4) is 0 Å². The number of piperazine rings is 1. The molecule has 10 nitrogen and oxygen atoms in total. The standard InChI is InChI=1S/C30H36N6O4S/c1-34-15-17-36(18-16-34)14-6-13-31-29(37)22-10-12-25-27(20-22)33-30(38)24-11-9-21(19-26(24)32-25)23-7-4-5-8-28(23)35(2)41(3,39)40/h4-5,7-12,19-20,32H,6,13-18H2,1-3H3,(H,31,37)(H,33,38). The van der Waals surface area contributed by atoms with Gasteiger partial charge in [-0.2, -0.15) is 0 Å². The molecule has 216 valence electrons. The minimum absolute atomic E-state index is 0.184. The first-order valence-corrected chi connectivity index (χ1v) is 15.5. The maximum Gasteiger partial charge on any atom is 0.257 e. The summed E-state index contributed by atoms with van der Waals surface area (Å²) < 4.78 is 25.7. The predicted molar refractivity (Wildman–Crippen MR) is 164 cm³/mol. The summed E-state index contributed by atoms with van der Waals surface area (Å²) in [6.07, 6.45) is 2.03. The van der Waals surface area contributed by atoms with Crippen LogP contribution < -0.4 is 20.3 Å². The minimum Gasteiger partial charge on any atom is -0.353 e. The number of hydrogen-bond donors (Lipinski definition) is 3. The first-order valence-electron chi connectivity index (χ1n) is 13.7. The van der Waals surface area contributed by atoms with Crippen LogP contribution >= 0.6 is 0 Å². The molecule has 0 aliphatic carbocycles. The number of benzene rings is 3. The van der Waals surface area contributed by atoms with Crippen molar-refractivity contribution >= 4 is 44.6 Å². The van der Waals surface area contributed by atoms with E-state index < -0.39 is 10.0 Å². The van der Waals surface area contributed by atoms with E-state index in [0.717, 1.165) is 56.5 Å². The number of amides is 2. The Morgan fingerprint density at radius 1 is 0.927 bits per heavy atom. The van der Waals surface area contributed by atoms with Crippen molar-refractivity contribution in [2.75, 3.05) is 74.6 Å². The molecule has 0 spiro atoms. The van der Waals surface area contributed by atoms with Crippen molar-refractivity contribution in [3.63, 3.8) is 0 Å². The summed E-state index contributed by atoms with van der Waals surface area (Å²) in [5.74, 6) is -0.486. The van der Waals surface area contributed by atoms with Gasteiger partial charge in [0.15, 0.2) is 0 Å². The van der Waals surface area contributed by atoms with E-state index in [1.165, 1.54) is 11.4 Å². The number of likely N-dealkylation sites (N-methyl/N-ethyl adjacent to an activating group) is 1. The zero-order valence-corrected chi connectivity index (χ0v) is 24.4. The maximum atomic E-state index is 13.1. The van der Waals surface area contributed by atoms with Gasteiger partial charge in [-0.3, -0.25) is 13.9 Å². The zero-order chi connectivity index (χ0) is 29.1. The van der Waals surface area contributed by atoms with Crippen molar-refractivity contribution in [2.45, 2.75) is 6.42 Å². The largest absolute Gasteiger partial charge is 0.353 e. The van der Waals surface area contributed by atoms with Gasteiger partial charge in [0, 0.05) is 50.9 Å². The normalized spacial score (nSPS) is 15.6. The van der Waals surface area contributed by atoms with Gasteiger partial charge in [-0.1, -0.05) is 24.3 Å². The van der Waals surface area contributed by atoms with E-state index in [0.29, 0.717) is 40.4 Å². The van der Waals surface area contributed by atoms with E-state index in [1.54, 1.807) is 42.5 Å². The molecular weight excluding hydrogens is 540 g/mol. The molecule has 3 aromatic rings. The highest BCUT2D eigenvalue weighted by Gasteiger charge is 2.23. The van der Waals surface area contributed by atoms with Crippen molar-refractivity contribution < 1.29 is 18.0 Å². The number of nitrogens with one attached hydrogen (secondary N) is 3. The van der Waals surface area contributed by atoms with Crippen molar-refractivity contribution in [1.29, 1.82) is 0 Å². The molecule has 2 amide bonds. The Hall–Kier alpha value is -3.93. The van der Waals surface area contributed by atoms with Crippen molar-refractivity contribution in [1.82, 2.24) is 15.1 Å². The Balaban J connectivity index is 1.30. The Kier molecular flexibility index (Phi) is 8.30. The third-order valence-electron chi connectivity index (χ3n) is 7.65. The molecular formula is C30H36N6O4S. The van der Waals surface area contributed by atoms with Crippen LogP contribution in [0.25, 0.3) is 11.1 Å². The number of rotatable bonds is 8. The van der Waals surface area contributed by atoms with Crippen LogP contribution in [0.2, 0.25) is 0 Å². The summed E-state index contributed by atoms with van der Waals surface area (Å²) in [5.41, 5.74) is 4.66. The molecule has 2 heterocycles. The van der Waals surface area contributed by atoms with E-state index in [1.807, 2.05) is 18.2 Å². The SMILES string of the molecule is CN1CCN(CCCNC(=O)c2ccc3c(c2)NC(=O)c2ccc(-c4ccccc4N(C)S(C)(=O)=O)cc2N3)CC1. The fourth-order valence-electron chi connectivity index (χ4n) is 5.09. The number of carbonyl (C=O) groups is 2.